The highest BCUT2D eigenvalue weighted by molar-refractivity contribution is 6.51. The molecule has 8 heteroatoms. The maximum atomic E-state index is 13.5. The molecule has 1 unspecified atom stereocenters. The Balaban J connectivity index is 1.92. The van der Waals surface area contributed by atoms with Gasteiger partial charge in [0.05, 0.1) is 43.0 Å². The molecule has 0 radical (unpaired) electrons. The van der Waals surface area contributed by atoms with Crippen molar-refractivity contribution in [3.63, 3.8) is 0 Å². The number of hydrogen-bond donors (Lipinski definition) is 1. The highest BCUT2D eigenvalue weighted by atomic mass is 35.5. The standard InChI is InChI=1S/C30H30ClNO6/c1-17(2)16-38-21-11-9-19(10-12-21)27-26(28(33)22-14-25(37-5)23(31)15-24(22)36-4)29(34)30(35)32(27)20-8-6-7-18(3)13-20/h6-15,17,27,33H,16H2,1-5H3/b28-26+. The molecule has 0 bridgehead atoms. The molecule has 0 saturated carbocycles. The Labute approximate surface area is 227 Å². The molecule has 1 heterocycles. The molecule has 198 valence electrons. The molecule has 1 N–H and O–H groups in total. The van der Waals surface area contributed by atoms with E-state index in [1.54, 1.807) is 30.3 Å². The summed E-state index contributed by atoms with van der Waals surface area (Å²) >= 11 is 6.26. The number of halogens is 1. The maximum Gasteiger partial charge on any atom is 0.300 e. The first kappa shape index (κ1) is 27.1. The Morgan fingerprint density at radius 3 is 2.29 bits per heavy atom. The summed E-state index contributed by atoms with van der Waals surface area (Å²) in [6, 6.07) is 16.5. The van der Waals surface area contributed by atoms with Crippen molar-refractivity contribution in [2.45, 2.75) is 26.8 Å². The molecule has 4 rings (SSSR count). The van der Waals surface area contributed by atoms with Crippen molar-refractivity contribution in [1.29, 1.82) is 0 Å². The van der Waals surface area contributed by atoms with Crippen molar-refractivity contribution in [2.75, 3.05) is 25.7 Å². The molecule has 1 fully saturated rings. The molecule has 38 heavy (non-hydrogen) atoms. The van der Waals surface area contributed by atoms with Gasteiger partial charge in [0.2, 0.25) is 0 Å². The number of methoxy groups -OCH3 is 2. The first-order valence-electron chi connectivity index (χ1n) is 12.2. The SMILES string of the molecule is COc1cc(/C(O)=C2\C(=O)C(=O)N(c3cccc(C)c3)C2c2ccc(OCC(C)C)cc2)c(OC)cc1Cl. The van der Waals surface area contributed by atoms with Crippen LogP contribution in [0.25, 0.3) is 5.76 Å². The van der Waals surface area contributed by atoms with Gasteiger partial charge < -0.3 is 19.3 Å². The monoisotopic (exact) mass is 535 g/mol. The van der Waals surface area contributed by atoms with Gasteiger partial charge in [0.15, 0.2) is 0 Å². The van der Waals surface area contributed by atoms with Gasteiger partial charge in [-0.2, -0.15) is 0 Å². The Morgan fingerprint density at radius 1 is 1.00 bits per heavy atom. The van der Waals surface area contributed by atoms with E-state index in [2.05, 4.69) is 13.8 Å². The average molecular weight is 536 g/mol. The first-order chi connectivity index (χ1) is 18.2. The third-order valence-electron chi connectivity index (χ3n) is 6.23. The highest BCUT2D eigenvalue weighted by Gasteiger charge is 2.47. The summed E-state index contributed by atoms with van der Waals surface area (Å²) in [5.74, 6) is -0.424. The Bertz CT molecular complexity index is 1400. The first-order valence-corrected chi connectivity index (χ1v) is 12.6. The van der Waals surface area contributed by atoms with Crippen molar-refractivity contribution >= 4 is 34.7 Å². The zero-order valence-electron chi connectivity index (χ0n) is 21.9. The summed E-state index contributed by atoms with van der Waals surface area (Å²) < 4.78 is 16.6. The number of ether oxygens (including phenoxy) is 3. The van der Waals surface area contributed by atoms with Gasteiger partial charge in [-0.05, 0) is 54.3 Å². The van der Waals surface area contributed by atoms with Crippen LogP contribution >= 0.6 is 11.6 Å². The molecule has 0 aromatic heterocycles. The van der Waals surface area contributed by atoms with Gasteiger partial charge in [0.1, 0.15) is 23.0 Å². The lowest BCUT2D eigenvalue weighted by molar-refractivity contribution is -0.132. The summed E-state index contributed by atoms with van der Waals surface area (Å²) in [6.45, 7) is 6.58. The fraction of sp³-hybridized carbons (Fsp3) is 0.267. The molecule has 0 aliphatic carbocycles. The van der Waals surface area contributed by atoms with Gasteiger partial charge in [-0.3, -0.25) is 14.5 Å². The van der Waals surface area contributed by atoms with Gasteiger partial charge in [-0.25, -0.2) is 0 Å². The predicted octanol–water partition coefficient (Wildman–Crippen LogP) is 6.33. The van der Waals surface area contributed by atoms with Crippen LogP contribution in [0.1, 0.15) is 36.6 Å². The lowest BCUT2D eigenvalue weighted by Crippen LogP contribution is -2.29. The van der Waals surface area contributed by atoms with Crippen molar-refractivity contribution < 1.29 is 28.9 Å². The zero-order valence-corrected chi connectivity index (χ0v) is 22.7. The van der Waals surface area contributed by atoms with Gasteiger partial charge in [0, 0.05) is 11.8 Å². The van der Waals surface area contributed by atoms with Crippen LogP contribution in [0.2, 0.25) is 5.02 Å². The molecule has 1 saturated heterocycles. The number of ketones is 1. The van der Waals surface area contributed by atoms with Crippen molar-refractivity contribution in [1.82, 2.24) is 0 Å². The minimum Gasteiger partial charge on any atom is -0.507 e. The van der Waals surface area contributed by atoms with Crippen LogP contribution < -0.4 is 19.1 Å². The van der Waals surface area contributed by atoms with E-state index in [1.807, 2.05) is 25.1 Å². The molecule has 1 amide bonds. The molecule has 1 aliphatic rings. The third-order valence-corrected chi connectivity index (χ3v) is 6.53. The van der Waals surface area contributed by atoms with Crippen LogP contribution in [0.5, 0.6) is 17.2 Å². The van der Waals surface area contributed by atoms with Crippen LogP contribution in [-0.4, -0.2) is 37.6 Å². The van der Waals surface area contributed by atoms with E-state index < -0.39 is 23.5 Å². The van der Waals surface area contributed by atoms with Crippen molar-refractivity contribution in [3.05, 3.63) is 87.9 Å². The molecular weight excluding hydrogens is 506 g/mol. The van der Waals surface area contributed by atoms with Gasteiger partial charge >= 0.3 is 0 Å². The number of rotatable bonds is 8. The second-order valence-corrected chi connectivity index (χ2v) is 9.88. The van der Waals surface area contributed by atoms with Crippen LogP contribution in [0.15, 0.2) is 66.2 Å². The molecule has 0 spiro atoms. The minimum atomic E-state index is -0.901. The molecule has 3 aromatic carbocycles. The van der Waals surface area contributed by atoms with E-state index >= 15 is 0 Å². The number of carbonyl (C=O) groups excluding carboxylic acids is 2. The summed E-state index contributed by atoms with van der Waals surface area (Å²) in [6.07, 6.45) is 0. The quantitative estimate of drug-likeness (QED) is 0.206. The smallest absolute Gasteiger partial charge is 0.300 e. The lowest BCUT2D eigenvalue weighted by Gasteiger charge is -2.26. The van der Waals surface area contributed by atoms with E-state index in [0.29, 0.717) is 29.5 Å². The number of aryl methyl sites for hydroxylation is 1. The number of hydrogen-bond acceptors (Lipinski definition) is 6. The Hall–Kier alpha value is -3.97. The highest BCUT2D eigenvalue weighted by Crippen LogP contribution is 2.45. The van der Waals surface area contributed by atoms with Crippen molar-refractivity contribution in [2.24, 2.45) is 5.92 Å². The Kier molecular flexibility index (Phi) is 7.97. The second-order valence-electron chi connectivity index (χ2n) is 9.47. The predicted molar refractivity (Wildman–Crippen MR) is 147 cm³/mol. The van der Waals surface area contributed by atoms with Gasteiger partial charge in [-0.1, -0.05) is 49.7 Å². The van der Waals surface area contributed by atoms with Gasteiger partial charge in [-0.15, -0.1) is 0 Å². The fourth-order valence-corrected chi connectivity index (χ4v) is 4.62. The normalized spacial score (nSPS) is 16.7. The number of nitrogens with zero attached hydrogens (tertiary/aromatic N) is 1. The van der Waals surface area contributed by atoms with E-state index in [-0.39, 0.29) is 27.7 Å². The fourth-order valence-electron chi connectivity index (χ4n) is 4.39. The number of anilines is 1. The average Bonchev–Trinajstić information content (AvgIpc) is 3.17. The number of Topliss-reactive ketones (excluding diaryl/α,β-unsaturated/α-hetero) is 1. The van der Waals surface area contributed by atoms with E-state index in [0.717, 1.165) is 5.56 Å². The number of aliphatic hydroxyl groups excluding tert-OH is 1. The number of aliphatic hydroxyl groups is 1. The number of carbonyl (C=O) groups is 2. The topological polar surface area (TPSA) is 85.3 Å². The summed E-state index contributed by atoms with van der Waals surface area (Å²) in [5, 5.41) is 11.8. The molecular formula is C30H30ClNO6. The number of benzene rings is 3. The Morgan fingerprint density at radius 2 is 1.68 bits per heavy atom. The molecule has 7 nitrogen and oxygen atoms in total. The number of amides is 1. The largest absolute Gasteiger partial charge is 0.507 e. The molecule has 1 atom stereocenters. The summed E-state index contributed by atoms with van der Waals surface area (Å²) in [4.78, 5) is 28.4. The van der Waals surface area contributed by atoms with Crippen LogP contribution in [0, 0.1) is 12.8 Å². The summed E-state index contributed by atoms with van der Waals surface area (Å²) in [7, 11) is 2.87. The lowest BCUT2D eigenvalue weighted by atomic mass is 9.94. The minimum absolute atomic E-state index is 0.0740. The van der Waals surface area contributed by atoms with Crippen LogP contribution in [-0.2, 0) is 9.59 Å². The zero-order chi connectivity index (χ0) is 27.6. The van der Waals surface area contributed by atoms with Crippen molar-refractivity contribution in [3.8, 4) is 17.2 Å². The maximum absolute atomic E-state index is 13.5. The molecule has 1 aliphatic heterocycles. The van der Waals surface area contributed by atoms with Gasteiger partial charge in [0.25, 0.3) is 11.7 Å². The molecule has 3 aromatic rings. The second kappa shape index (κ2) is 11.2. The van der Waals surface area contributed by atoms with Crippen LogP contribution in [0.4, 0.5) is 5.69 Å². The summed E-state index contributed by atoms with van der Waals surface area (Å²) in [5.41, 5.74) is 2.19. The van der Waals surface area contributed by atoms with E-state index in [4.69, 9.17) is 25.8 Å². The van der Waals surface area contributed by atoms with Crippen LogP contribution in [0.3, 0.4) is 0 Å². The van der Waals surface area contributed by atoms with E-state index in [1.165, 1.54) is 31.3 Å². The van der Waals surface area contributed by atoms with E-state index in [9.17, 15) is 14.7 Å². The third kappa shape index (κ3) is 5.20.